The highest BCUT2D eigenvalue weighted by molar-refractivity contribution is 6.35. The summed E-state index contributed by atoms with van der Waals surface area (Å²) in [5.41, 5.74) is 3.96. The predicted molar refractivity (Wildman–Crippen MR) is 151 cm³/mol. The summed E-state index contributed by atoms with van der Waals surface area (Å²) in [6.45, 7) is 0. The zero-order valence-corrected chi connectivity index (χ0v) is 22.4. The van der Waals surface area contributed by atoms with E-state index in [-0.39, 0.29) is 5.70 Å². The zero-order valence-electron chi connectivity index (χ0n) is 20.9. The van der Waals surface area contributed by atoms with E-state index in [9.17, 15) is 9.59 Å². The summed E-state index contributed by atoms with van der Waals surface area (Å²) in [7, 11) is 3.03. The summed E-state index contributed by atoms with van der Waals surface area (Å²) in [4.78, 5) is 25.9. The van der Waals surface area contributed by atoms with E-state index in [1.807, 2.05) is 0 Å². The molecule has 0 fully saturated rings. The number of hydrazone groups is 1. The molecule has 198 valence electrons. The highest BCUT2D eigenvalue weighted by atomic mass is 35.5. The van der Waals surface area contributed by atoms with Gasteiger partial charge in [0, 0.05) is 16.1 Å². The number of nitrogens with zero attached hydrogens (tertiary/aromatic N) is 1. The molecule has 0 aliphatic rings. The van der Waals surface area contributed by atoms with Crippen LogP contribution in [0.5, 0.6) is 11.5 Å². The largest absolute Gasteiger partial charge is 0.493 e. The minimum Gasteiger partial charge on any atom is -0.493 e. The molecule has 0 aliphatic heterocycles. The first-order valence-electron chi connectivity index (χ1n) is 11.6. The third kappa shape index (κ3) is 7.07. The minimum atomic E-state index is -0.657. The number of carbonyl (C=O) groups is 2. The van der Waals surface area contributed by atoms with Crippen molar-refractivity contribution < 1.29 is 23.5 Å². The molecule has 0 saturated carbocycles. The Bertz CT molecular complexity index is 1550. The van der Waals surface area contributed by atoms with E-state index in [2.05, 4.69) is 15.8 Å². The number of ether oxygens (including phenoxy) is 2. The normalized spacial score (nSPS) is 11.3. The predicted octanol–water partition coefficient (Wildman–Crippen LogP) is 6.19. The Morgan fingerprint density at radius 3 is 2.41 bits per heavy atom. The van der Waals surface area contributed by atoms with E-state index < -0.39 is 11.8 Å². The molecule has 0 spiro atoms. The highest BCUT2D eigenvalue weighted by Crippen LogP contribution is 2.31. The van der Waals surface area contributed by atoms with Crippen molar-refractivity contribution in [1.82, 2.24) is 10.7 Å². The lowest BCUT2D eigenvalue weighted by molar-refractivity contribution is -0.117. The van der Waals surface area contributed by atoms with Crippen LogP contribution in [0, 0.1) is 0 Å². The average Bonchev–Trinajstić information content (AvgIpc) is 3.42. The van der Waals surface area contributed by atoms with Gasteiger partial charge in [0.1, 0.15) is 17.2 Å². The molecule has 39 heavy (non-hydrogen) atoms. The Kier molecular flexibility index (Phi) is 9.04. The number of benzene rings is 3. The molecule has 4 aromatic rings. The number of carbonyl (C=O) groups excluding carboxylic acids is 2. The fourth-order valence-corrected chi connectivity index (χ4v) is 3.90. The van der Waals surface area contributed by atoms with Gasteiger partial charge in [0.25, 0.3) is 11.8 Å². The molecule has 0 aliphatic carbocycles. The number of amides is 2. The number of hydrogen-bond donors (Lipinski definition) is 2. The smallest absolute Gasteiger partial charge is 0.287 e. The van der Waals surface area contributed by atoms with E-state index in [0.717, 1.165) is 0 Å². The van der Waals surface area contributed by atoms with Crippen molar-refractivity contribution in [3.05, 3.63) is 111 Å². The molecule has 2 amide bonds. The van der Waals surface area contributed by atoms with Crippen molar-refractivity contribution in [3.63, 3.8) is 0 Å². The van der Waals surface area contributed by atoms with Crippen LogP contribution >= 0.6 is 23.2 Å². The first kappa shape index (κ1) is 27.5. The van der Waals surface area contributed by atoms with Gasteiger partial charge in [0.15, 0.2) is 11.5 Å². The van der Waals surface area contributed by atoms with E-state index in [1.54, 1.807) is 78.9 Å². The van der Waals surface area contributed by atoms with Crippen LogP contribution in [0.15, 0.2) is 94.1 Å². The maximum Gasteiger partial charge on any atom is 0.287 e. The van der Waals surface area contributed by atoms with Gasteiger partial charge in [-0.25, -0.2) is 5.43 Å². The quantitative estimate of drug-likeness (QED) is 0.143. The van der Waals surface area contributed by atoms with E-state index in [0.29, 0.717) is 49.8 Å². The van der Waals surface area contributed by atoms with Gasteiger partial charge < -0.3 is 19.2 Å². The molecule has 0 unspecified atom stereocenters. The monoisotopic (exact) mass is 563 g/mol. The fourth-order valence-electron chi connectivity index (χ4n) is 3.52. The van der Waals surface area contributed by atoms with Crippen LogP contribution in [-0.4, -0.2) is 32.2 Å². The first-order valence-corrected chi connectivity index (χ1v) is 12.3. The van der Waals surface area contributed by atoms with Gasteiger partial charge in [-0.15, -0.1) is 0 Å². The van der Waals surface area contributed by atoms with Crippen LogP contribution in [0.2, 0.25) is 10.0 Å². The number of furan rings is 1. The molecular weight excluding hydrogens is 541 g/mol. The molecule has 4 rings (SSSR count). The van der Waals surface area contributed by atoms with E-state index in [1.165, 1.54) is 26.5 Å². The lowest BCUT2D eigenvalue weighted by Gasteiger charge is -2.11. The van der Waals surface area contributed by atoms with Crippen LogP contribution in [0.3, 0.4) is 0 Å². The van der Waals surface area contributed by atoms with Crippen LogP contribution in [0.4, 0.5) is 0 Å². The molecule has 1 heterocycles. The van der Waals surface area contributed by atoms with Crippen LogP contribution < -0.4 is 20.2 Å². The molecule has 2 N–H and O–H groups in total. The van der Waals surface area contributed by atoms with Gasteiger partial charge in [0.2, 0.25) is 0 Å². The standard InChI is InChI=1S/C29H23Cl2N3O5/c1-37-26-12-8-18(15-27(26)38-2)14-24(33-28(35)19-6-4-3-5-7-19)29(36)34-32-17-21-10-13-25(39-21)22-16-20(30)9-11-23(22)31/h3-17H,1-2H3,(H,33,35)(H,34,36)/b24-14+,32-17+. The topological polar surface area (TPSA) is 102 Å². The molecule has 0 bridgehead atoms. The van der Waals surface area contributed by atoms with Gasteiger partial charge >= 0.3 is 0 Å². The Morgan fingerprint density at radius 2 is 1.67 bits per heavy atom. The molecule has 0 atom stereocenters. The van der Waals surface area contributed by atoms with Crippen LogP contribution in [0.25, 0.3) is 17.4 Å². The third-order valence-corrected chi connectivity index (χ3v) is 5.99. The van der Waals surface area contributed by atoms with Crippen molar-refractivity contribution in [2.75, 3.05) is 14.2 Å². The zero-order chi connectivity index (χ0) is 27.8. The molecule has 1 aromatic heterocycles. The minimum absolute atomic E-state index is 0.0425. The second-order valence-electron chi connectivity index (χ2n) is 8.02. The van der Waals surface area contributed by atoms with Crippen LogP contribution in [-0.2, 0) is 4.79 Å². The molecule has 8 nitrogen and oxygen atoms in total. The van der Waals surface area contributed by atoms with Gasteiger partial charge in [-0.05, 0) is 66.2 Å². The average molecular weight is 564 g/mol. The van der Waals surface area contributed by atoms with Gasteiger partial charge in [-0.1, -0.05) is 47.5 Å². The number of nitrogens with one attached hydrogen (secondary N) is 2. The fraction of sp³-hybridized carbons (Fsp3) is 0.0690. The number of hydrogen-bond acceptors (Lipinski definition) is 6. The van der Waals surface area contributed by atoms with Gasteiger partial charge in [0.05, 0.1) is 25.5 Å². The highest BCUT2D eigenvalue weighted by Gasteiger charge is 2.15. The molecule has 10 heteroatoms. The summed E-state index contributed by atoms with van der Waals surface area (Å²) in [6.07, 6.45) is 2.83. The Labute approximate surface area is 234 Å². The maximum absolute atomic E-state index is 13.1. The van der Waals surface area contributed by atoms with Crippen molar-refractivity contribution >= 4 is 47.3 Å². The van der Waals surface area contributed by atoms with Crippen molar-refractivity contribution in [2.45, 2.75) is 0 Å². The first-order chi connectivity index (χ1) is 18.9. The molecule has 0 saturated heterocycles. The summed E-state index contributed by atoms with van der Waals surface area (Å²) in [5, 5.41) is 7.62. The van der Waals surface area contributed by atoms with Crippen molar-refractivity contribution in [2.24, 2.45) is 5.10 Å². The molecule has 0 radical (unpaired) electrons. The van der Waals surface area contributed by atoms with E-state index >= 15 is 0 Å². The summed E-state index contributed by atoms with van der Waals surface area (Å²) >= 11 is 12.3. The molecule has 3 aromatic carbocycles. The van der Waals surface area contributed by atoms with Crippen LogP contribution in [0.1, 0.15) is 21.7 Å². The molecular formula is C29H23Cl2N3O5. The lowest BCUT2D eigenvalue weighted by atomic mass is 10.1. The van der Waals surface area contributed by atoms with E-state index in [4.69, 9.17) is 37.1 Å². The summed E-state index contributed by atoms with van der Waals surface area (Å²) < 4.78 is 16.4. The maximum atomic E-state index is 13.1. The number of methoxy groups -OCH3 is 2. The Hall–Kier alpha value is -4.53. The van der Waals surface area contributed by atoms with Gasteiger partial charge in [-0.2, -0.15) is 5.10 Å². The second kappa shape index (κ2) is 12.8. The summed E-state index contributed by atoms with van der Waals surface area (Å²) in [6, 6.07) is 22.0. The van der Waals surface area contributed by atoms with Crippen molar-refractivity contribution in [1.29, 1.82) is 0 Å². The van der Waals surface area contributed by atoms with Gasteiger partial charge in [-0.3, -0.25) is 9.59 Å². The Morgan fingerprint density at radius 1 is 0.897 bits per heavy atom. The van der Waals surface area contributed by atoms with Crippen molar-refractivity contribution in [3.8, 4) is 22.8 Å². The number of halogens is 2. The number of rotatable bonds is 9. The lowest BCUT2D eigenvalue weighted by Crippen LogP contribution is -2.32. The SMILES string of the molecule is COc1ccc(/C=C(/NC(=O)c2ccccc2)C(=O)N/N=C/c2ccc(-c3cc(Cl)ccc3Cl)o2)cc1OC. The summed E-state index contributed by atoms with van der Waals surface area (Å²) in [5.74, 6) is 0.715. The Balaban J connectivity index is 1.55. The second-order valence-corrected chi connectivity index (χ2v) is 8.86. The third-order valence-electron chi connectivity index (χ3n) is 5.43.